The third kappa shape index (κ3) is 2.59. The lowest BCUT2D eigenvalue weighted by Crippen LogP contribution is -2.57. The molecule has 5 nitrogen and oxygen atoms in total. The molecular weight excluding hydrogens is 204 g/mol. The predicted molar refractivity (Wildman–Crippen MR) is 61.0 cm³/mol. The second-order valence-electron chi connectivity index (χ2n) is 4.24. The van der Waals surface area contributed by atoms with E-state index >= 15 is 0 Å². The highest BCUT2D eigenvalue weighted by atomic mass is 16.5. The molecule has 0 unspecified atom stereocenters. The first kappa shape index (κ1) is 11.5. The molecule has 16 heavy (non-hydrogen) atoms. The molecule has 0 radical (unpaired) electrons. The van der Waals surface area contributed by atoms with Crippen molar-refractivity contribution in [1.82, 2.24) is 20.4 Å². The molecule has 90 valence electrons. The summed E-state index contributed by atoms with van der Waals surface area (Å²) in [6, 6.07) is 0.642. The Balaban J connectivity index is 1.93. The molecule has 0 amide bonds. The van der Waals surface area contributed by atoms with Crippen molar-refractivity contribution in [3.05, 3.63) is 11.7 Å². The Bertz CT molecular complexity index is 322. The van der Waals surface area contributed by atoms with Crippen molar-refractivity contribution in [2.75, 3.05) is 19.6 Å². The van der Waals surface area contributed by atoms with Gasteiger partial charge in [-0.2, -0.15) is 4.98 Å². The summed E-state index contributed by atoms with van der Waals surface area (Å²) in [5.41, 5.74) is 0. The van der Waals surface area contributed by atoms with Crippen LogP contribution in [0.2, 0.25) is 0 Å². The molecule has 2 heterocycles. The van der Waals surface area contributed by atoms with Gasteiger partial charge >= 0.3 is 0 Å². The second-order valence-corrected chi connectivity index (χ2v) is 4.24. The van der Waals surface area contributed by atoms with E-state index in [9.17, 15) is 0 Å². The van der Waals surface area contributed by atoms with Gasteiger partial charge in [-0.15, -0.1) is 0 Å². The van der Waals surface area contributed by atoms with Gasteiger partial charge in [-0.25, -0.2) is 0 Å². The minimum Gasteiger partial charge on any atom is -0.339 e. The molecule has 1 aromatic heterocycles. The van der Waals surface area contributed by atoms with Crippen molar-refractivity contribution in [3.63, 3.8) is 0 Å². The van der Waals surface area contributed by atoms with Crippen LogP contribution >= 0.6 is 0 Å². The predicted octanol–water partition coefficient (Wildman–Crippen LogP) is 0.816. The minimum absolute atomic E-state index is 0.642. The van der Waals surface area contributed by atoms with E-state index in [1.807, 2.05) is 6.92 Å². The first-order valence-electron chi connectivity index (χ1n) is 6.09. The Hall–Kier alpha value is -0.940. The zero-order valence-electron chi connectivity index (χ0n) is 10.1. The summed E-state index contributed by atoms with van der Waals surface area (Å²) in [4.78, 5) is 6.78. The average Bonchev–Trinajstić information content (AvgIpc) is 2.63. The van der Waals surface area contributed by atoms with Crippen LogP contribution in [0.25, 0.3) is 0 Å². The molecule has 0 aliphatic carbocycles. The van der Waals surface area contributed by atoms with Crippen LogP contribution in [0.5, 0.6) is 0 Å². The first-order valence-corrected chi connectivity index (χ1v) is 6.09. The molecule has 0 bridgehead atoms. The summed E-state index contributed by atoms with van der Waals surface area (Å²) in [7, 11) is 0. The SMILES string of the molecule is CCCN(Cc1noc(CC)n1)C1CNC1. The molecule has 2 rings (SSSR count). The second kappa shape index (κ2) is 5.41. The van der Waals surface area contributed by atoms with Crippen molar-refractivity contribution in [2.24, 2.45) is 0 Å². The van der Waals surface area contributed by atoms with Crippen molar-refractivity contribution < 1.29 is 4.52 Å². The summed E-state index contributed by atoms with van der Waals surface area (Å²) in [6.07, 6.45) is 1.97. The maximum absolute atomic E-state index is 5.12. The molecular formula is C11H20N4O. The molecule has 1 aliphatic rings. The average molecular weight is 224 g/mol. The third-order valence-corrected chi connectivity index (χ3v) is 2.94. The standard InChI is InChI=1S/C11H20N4O/c1-3-5-15(9-6-12-7-9)8-10-13-11(4-2)16-14-10/h9,12H,3-8H2,1-2H3. The maximum atomic E-state index is 5.12. The molecule has 1 aliphatic heterocycles. The molecule has 0 atom stereocenters. The molecule has 1 fully saturated rings. The molecule has 0 saturated carbocycles. The van der Waals surface area contributed by atoms with Gasteiger partial charge in [0.25, 0.3) is 0 Å². The van der Waals surface area contributed by atoms with Crippen molar-refractivity contribution in [1.29, 1.82) is 0 Å². The number of rotatable bonds is 6. The van der Waals surface area contributed by atoms with Crippen LogP contribution in [0.1, 0.15) is 32.0 Å². The van der Waals surface area contributed by atoms with Gasteiger partial charge in [0, 0.05) is 25.6 Å². The van der Waals surface area contributed by atoms with Crippen LogP contribution in [0.15, 0.2) is 4.52 Å². The fourth-order valence-corrected chi connectivity index (χ4v) is 1.89. The van der Waals surface area contributed by atoms with E-state index in [1.165, 1.54) is 0 Å². The molecule has 5 heteroatoms. The van der Waals surface area contributed by atoms with Crippen LogP contribution in [-0.2, 0) is 13.0 Å². The van der Waals surface area contributed by atoms with E-state index in [2.05, 4.69) is 27.3 Å². The van der Waals surface area contributed by atoms with Crippen LogP contribution in [0, 0.1) is 0 Å². The Morgan fingerprint density at radius 3 is 2.75 bits per heavy atom. The number of aromatic nitrogens is 2. The van der Waals surface area contributed by atoms with Gasteiger partial charge < -0.3 is 9.84 Å². The summed E-state index contributed by atoms with van der Waals surface area (Å²) < 4.78 is 5.12. The smallest absolute Gasteiger partial charge is 0.226 e. The van der Waals surface area contributed by atoms with Gasteiger partial charge in [0.15, 0.2) is 5.82 Å². The summed E-state index contributed by atoms with van der Waals surface area (Å²) in [5, 5.41) is 7.30. The maximum Gasteiger partial charge on any atom is 0.226 e. The van der Waals surface area contributed by atoms with Gasteiger partial charge in [0.05, 0.1) is 6.54 Å². The highest BCUT2D eigenvalue weighted by Gasteiger charge is 2.25. The number of hydrogen-bond acceptors (Lipinski definition) is 5. The molecule has 1 N–H and O–H groups in total. The zero-order chi connectivity index (χ0) is 11.4. The van der Waals surface area contributed by atoms with E-state index in [1.54, 1.807) is 0 Å². The first-order chi connectivity index (χ1) is 7.83. The Labute approximate surface area is 96.2 Å². The van der Waals surface area contributed by atoms with Crippen molar-refractivity contribution in [3.8, 4) is 0 Å². The summed E-state index contributed by atoms with van der Waals surface area (Å²) in [6.45, 7) is 8.30. The number of nitrogens with zero attached hydrogens (tertiary/aromatic N) is 3. The van der Waals surface area contributed by atoms with E-state index in [0.717, 1.165) is 50.7 Å². The quantitative estimate of drug-likeness (QED) is 0.775. The highest BCUT2D eigenvalue weighted by molar-refractivity contribution is 4.90. The fraction of sp³-hybridized carbons (Fsp3) is 0.818. The lowest BCUT2D eigenvalue weighted by Gasteiger charge is -2.37. The lowest BCUT2D eigenvalue weighted by atomic mass is 10.1. The monoisotopic (exact) mass is 224 g/mol. The Kier molecular flexibility index (Phi) is 3.90. The number of hydrogen-bond donors (Lipinski definition) is 1. The van der Waals surface area contributed by atoms with E-state index < -0.39 is 0 Å². The van der Waals surface area contributed by atoms with Crippen LogP contribution < -0.4 is 5.32 Å². The molecule has 0 spiro atoms. The van der Waals surface area contributed by atoms with E-state index in [4.69, 9.17) is 4.52 Å². The summed E-state index contributed by atoms with van der Waals surface area (Å²) >= 11 is 0. The van der Waals surface area contributed by atoms with Gasteiger partial charge in [-0.1, -0.05) is 19.0 Å². The van der Waals surface area contributed by atoms with Gasteiger partial charge in [0.2, 0.25) is 5.89 Å². The highest BCUT2D eigenvalue weighted by Crippen LogP contribution is 2.10. The molecule has 1 aromatic rings. The van der Waals surface area contributed by atoms with E-state index in [-0.39, 0.29) is 0 Å². The largest absolute Gasteiger partial charge is 0.339 e. The Morgan fingerprint density at radius 1 is 1.44 bits per heavy atom. The van der Waals surface area contributed by atoms with E-state index in [0.29, 0.717) is 6.04 Å². The molecule has 1 saturated heterocycles. The Morgan fingerprint density at radius 2 is 2.25 bits per heavy atom. The van der Waals surface area contributed by atoms with Gasteiger partial charge in [-0.05, 0) is 13.0 Å². The summed E-state index contributed by atoms with van der Waals surface area (Å²) in [5.74, 6) is 1.55. The fourth-order valence-electron chi connectivity index (χ4n) is 1.89. The number of nitrogens with one attached hydrogen (secondary N) is 1. The van der Waals surface area contributed by atoms with Crippen LogP contribution in [0.4, 0.5) is 0 Å². The van der Waals surface area contributed by atoms with Gasteiger partial charge in [0.1, 0.15) is 0 Å². The van der Waals surface area contributed by atoms with Gasteiger partial charge in [-0.3, -0.25) is 4.90 Å². The third-order valence-electron chi connectivity index (χ3n) is 2.94. The van der Waals surface area contributed by atoms with Crippen LogP contribution in [-0.4, -0.2) is 40.7 Å². The normalized spacial score (nSPS) is 16.7. The van der Waals surface area contributed by atoms with Crippen LogP contribution in [0.3, 0.4) is 0 Å². The zero-order valence-corrected chi connectivity index (χ0v) is 10.1. The minimum atomic E-state index is 0.642. The lowest BCUT2D eigenvalue weighted by molar-refractivity contribution is 0.133. The topological polar surface area (TPSA) is 54.2 Å². The van der Waals surface area contributed by atoms with Crippen molar-refractivity contribution >= 4 is 0 Å². The number of aryl methyl sites for hydroxylation is 1. The molecule has 0 aromatic carbocycles. The van der Waals surface area contributed by atoms with Crippen molar-refractivity contribution in [2.45, 2.75) is 39.3 Å².